The van der Waals surface area contributed by atoms with E-state index in [-0.39, 0.29) is 6.04 Å². The zero-order chi connectivity index (χ0) is 12.6. The van der Waals surface area contributed by atoms with Gasteiger partial charge < -0.3 is 5.11 Å². The van der Waals surface area contributed by atoms with Crippen molar-refractivity contribution in [2.24, 2.45) is 0 Å². The third-order valence-corrected chi connectivity index (χ3v) is 2.60. The lowest BCUT2D eigenvalue weighted by Gasteiger charge is -2.24. The molecule has 2 aromatic rings. The molecular weight excluding hydrogens is 218 g/mol. The van der Waals surface area contributed by atoms with Gasteiger partial charge in [0.25, 0.3) is 0 Å². The quantitative estimate of drug-likeness (QED) is 0.866. The Balaban J connectivity index is 2.58. The van der Waals surface area contributed by atoms with Gasteiger partial charge in [-0.15, -0.1) is 0 Å². The number of imidazole rings is 1. The third-order valence-electron chi connectivity index (χ3n) is 2.60. The van der Waals surface area contributed by atoms with Gasteiger partial charge in [0, 0.05) is 0 Å². The van der Waals surface area contributed by atoms with Gasteiger partial charge >= 0.3 is 6.09 Å². The van der Waals surface area contributed by atoms with Gasteiger partial charge in [0.2, 0.25) is 0 Å². The largest absolute Gasteiger partial charge is 0.464 e. The normalized spacial score (nSPS) is 11.1. The average molecular weight is 233 g/mol. The van der Waals surface area contributed by atoms with Gasteiger partial charge in [-0.1, -0.05) is 6.07 Å². The van der Waals surface area contributed by atoms with E-state index in [2.05, 4.69) is 4.98 Å². The van der Waals surface area contributed by atoms with Gasteiger partial charge in [-0.3, -0.25) is 0 Å². The van der Waals surface area contributed by atoms with Crippen LogP contribution in [0.2, 0.25) is 0 Å². The van der Waals surface area contributed by atoms with Gasteiger partial charge in [0.05, 0.1) is 17.1 Å². The predicted molar refractivity (Wildman–Crippen MR) is 65.8 cm³/mol. The minimum atomic E-state index is -0.986. The van der Waals surface area contributed by atoms with Crippen LogP contribution < -0.4 is 5.01 Å². The number of benzene rings is 1. The average Bonchev–Trinajstić information content (AvgIpc) is 2.60. The Morgan fingerprint density at radius 1 is 1.47 bits per heavy atom. The van der Waals surface area contributed by atoms with Crippen molar-refractivity contribution < 1.29 is 9.90 Å². The Labute approximate surface area is 99.3 Å². The molecule has 0 bridgehead atoms. The highest BCUT2D eigenvalue weighted by atomic mass is 16.4. The third kappa shape index (κ3) is 1.95. The summed E-state index contributed by atoms with van der Waals surface area (Å²) in [6.07, 6.45) is 0.554. The summed E-state index contributed by atoms with van der Waals surface area (Å²) >= 11 is 0. The van der Waals surface area contributed by atoms with Crippen molar-refractivity contribution in [3.63, 3.8) is 0 Å². The van der Waals surface area contributed by atoms with E-state index in [4.69, 9.17) is 0 Å². The molecule has 17 heavy (non-hydrogen) atoms. The van der Waals surface area contributed by atoms with Crippen molar-refractivity contribution >= 4 is 17.1 Å². The maximum Gasteiger partial charge on any atom is 0.426 e. The van der Waals surface area contributed by atoms with Crippen LogP contribution >= 0.6 is 0 Å². The maximum absolute atomic E-state index is 11.2. The molecule has 5 heteroatoms. The Kier molecular flexibility index (Phi) is 2.75. The van der Waals surface area contributed by atoms with Crippen LogP contribution in [0.5, 0.6) is 0 Å². The molecule has 0 unspecified atom stereocenters. The van der Waals surface area contributed by atoms with Gasteiger partial charge in [-0.2, -0.15) is 0 Å². The number of fused-ring (bicyclic) bond motifs is 1. The summed E-state index contributed by atoms with van der Waals surface area (Å²) < 4.78 is 1.57. The molecule has 0 saturated carbocycles. The zero-order valence-corrected chi connectivity index (χ0v) is 10.1. The number of hydrogen-bond acceptors (Lipinski definition) is 2. The molecule has 0 radical (unpaired) electrons. The smallest absolute Gasteiger partial charge is 0.426 e. The van der Waals surface area contributed by atoms with Crippen molar-refractivity contribution in [2.75, 3.05) is 5.01 Å². The number of carboxylic acid groups (broad SMARTS) is 1. The standard InChI is InChI=1S/C12H15N3O2/c1-8(2)15(12(16)17)14-7-13-10-6-9(3)4-5-11(10)14/h4-8H,1-3H3,(H,16,17). The number of aromatic nitrogens is 2. The van der Waals surface area contributed by atoms with Crippen LogP contribution in [0.15, 0.2) is 24.5 Å². The predicted octanol–water partition coefficient (Wildman–Crippen LogP) is 2.37. The van der Waals surface area contributed by atoms with E-state index in [1.54, 1.807) is 4.68 Å². The number of carbonyl (C=O) groups is 1. The SMILES string of the molecule is Cc1ccc2c(c1)ncn2N(C(=O)O)C(C)C. The van der Waals surface area contributed by atoms with Crippen LogP contribution in [0.4, 0.5) is 4.79 Å². The first-order valence-electron chi connectivity index (χ1n) is 5.47. The fraction of sp³-hybridized carbons (Fsp3) is 0.333. The van der Waals surface area contributed by atoms with Crippen LogP contribution in [0.3, 0.4) is 0 Å². The topological polar surface area (TPSA) is 58.4 Å². The van der Waals surface area contributed by atoms with E-state index in [9.17, 15) is 9.90 Å². The zero-order valence-electron chi connectivity index (χ0n) is 10.1. The lowest BCUT2D eigenvalue weighted by Crippen LogP contribution is -2.44. The second-order valence-corrected chi connectivity index (χ2v) is 4.30. The number of amides is 1. The molecule has 1 aromatic heterocycles. The Bertz CT molecular complexity index is 560. The first-order valence-corrected chi connectivity index (χ1v) is 5.47. The molecule has 0 fully saturated rings. The molecule has 0 spiro atoms. The minimum absolute atomic E-state index is 0.147. The molecule has 0 atom stereocenters. The van der Waals surface area contributed by atoms with E-state index < -0.39 is 6.09 Å². The maximum atomic E-state index is 11.2. The summed E-state index contributed by atoms with van der Waals surface area (Å²) in [6.45, 7) is 5.64. The molecule has 1 N–H and O–H groups in total. The fourth-order valence-electron chi connectivity index (χ4n) is 1.84. The number of hydrogen-bond donors (Lipinski definition) is 1. The van der Waals surface area contributed by atoms with Crippen molar-refractivity contribution in [2.45, 2.75) is 26.8 Å². The molecule has 1 amide bonds. The van der Waals surface area contributed by atoms with E-state index >= 15 is 0 Å². The van der Waals surface area contributed by atoms with Gasteiger partial charge in [-0.25, -0.2) is 19.5 Å². The van der Waals surface area contributed by atoms with Crippen molar-refractivity contribution in [1.29, 1.82) is 0 Å². The molecule has 0 aliphatic heterocycles. The summed E-state index contributed by atoms with van der Waals surface area (Å²) in [5.41, 5.74) is 2.71. The fourth-order valence-corrected chi connectivity index (χ4v) is 1.84. The molecule has 2 rings (SSSR count). The molecule has 5 nitrogen and oxygen atoms in total. The van der Waals surface area contributed by atoms with Crippen LogP contribution in [-0.4, -0.2) is 26.9 Å². The lowest BCUT2D eigenvalue weighted by molar-refractivity contribution is 0.192. The number of aryl methyl sites for hydroxylation is 1. The first-order chi connectivity index (χ1) is 8.00. The summed E-state index contributed by atoms with van der Waals surface area (Å²) in [5, 5.41) is 10.5. The highest BCUT2D eigenvalue weighted by molar-refractivity contribution is 5.82. The minimum Gasteiger partial charge on any atom is -0.464 e. The first kappa shape index (κ1) is 11.4. The van der Waals surface area contributed by atoms with Crippen LogP contribution in [0, 0.1) is 6.92 Å². The van der Waals surface area contributed by atoms with E-state index in [1.807, 2.05) is 39.0 Å². The lowest BCUT2D eigenvalue weighted by atomic mass is 10.2. The molecule has 0 aliphatic rings. The van der Waals surface area contributed by atoms with E-state index in [0.717, 1.165) is 16.6 Å². The van der Waals surface area contributed by atoms with Crippen molar-refractivity contribution in [3.8, 4) is 0 Å². The van der Waals surface area contributed by atoms with Crippen molar-refractivity contribution in [1.82, 2.24) is 9.66 Å². The Morgan fingerprint density at radius 3 is 2.76 bits per heavy atom. The van der Waals surface area contributed by atoms with Gasteiger partial charge in [-0.05, 0) is 38.5 Å². The van der Waals surface area contributed by atoms with Crippen LogP contribution in [0.1, 0.15) is 19.4 Å². The summed E-state index contributed by atoms with van der Waals surface area (Å²) in [7, 11) is 0. The molecule has 1 heterocycles. The Hall–Kier alpha value is -2.04. The van der Waals surface area contributed by atoms with Crippen LogP contribution in [-0.2, 0) is 0 Å². The van der Waals surface area contributed by atoms with Crippen molar-refractivity contribution in [3.05, 3.63) is 30.1 Å². The second-order valence-electron chi connectivity index (χ2n) is 4.30. The second kappa shape index (κ2) is 4.08. The molecule has 0 saturated heterocycles. The number of nitrogens with zero attached hydrogens (tertiary/aromatic N) is 3. The monoisotopic (exact) mass is 233 g/mol. The highest BCUT2D eigenvalue weighted by Crippen LogP contribution is 2.16. The Morgan fingerprint density at radius 2 is 2.18 bits per heavy atom. The van der Waals surface area contributed by atoms with E-state index in [0.29, 0.717) is 0 Å². The molecular formula is C12H15N3O2. The van der Waals surface area contributed by atoms with E-state index in [1.165, 1.54) is 11.3 Å². The van der Waals surface area contributed by atoms with Gasteiger partial charge in [0.1, 0.15) is 6.33 Å². The summed E-state index contributed by atoms with van der Waals surface area (Å²) in [4.78, 5) is 15.5. The molecule has 0 aliphatic carbocycles. The molecule has 90 valence electrons. The number of rotatable bonds is 2. The van der Waals surface area contributed by atoms with Gasteiger partial charge in [0.15, 0.2) is 0 Å². The highest BCUT2D eigenvalue weighted by Gasteiger charge is 2.19. The van der Waals surface area contributed by atoms with Crippen LogP contribution in [0.25, 0.3) is 11.0 Å². The summed E-state index contributed by atoms with van der Waals surface area (Å²) in [5.74, 6) is 0. The molecule has 1 aromatic carbocycles. The summed E-state index contributed by atoms with van der Waals surface area (Å²) in [6, 6.07) is 5.62.